The molecule has 0 bridgehead atoms. The summed E-state index contributed by atoms with van der Waals surface area (Å²) in [4.78, 5) is 18.5. The Morgan fingerprint density at radius 2 is 1.86 bits per heavy atom. The third-order valence-corrected chi connectivity index (χ3v) is 7.46. The number of hydrogen-bond acceptors (Lipinski definition) is 3. The number of aromatic nitrogens is 2. The number of hydrogen-bond donors (Lipinski definition) is 1. The predicted molar refractivity (Wildman–Crippen MR) is 116 cm³/mol. The van der Waals surface area contributed by atoms with Crippen LogP contribution < -0.4 is 11.3 Å². The van der Waals surface area contributed by atoms with Crippen LogP contribution >= 0.6 is 0 Å². The highest BCUT2D eigenvalue weighted by atomic mass is 16.1. The third kappa shape index (κ3) is 2.13. The highest BCUT2D eigenvalue weighted by molar-refractivity contribution is 5.92. The van der Waals surface area contributed by atoms with Crippen molar-refractivity contribution in [2.24, 2.45) is 5.73 Å². The van der Waals surface area contributed by atoms with Crippen molar-refractivity contribution in [2.75, 3.05) is 0 Å². The molecule has 1 atom stereocenters. The molecule has 2 aliphatic carbocycles. The molecule has 0 saturated heterocycles. The molecule has 0 spiro atoms. The zero-order valence-corrected chi connectivity index (χ0v) is 17.1. The molecule has 2 N–H and O–H groups in total. The monoisotopic (exact) mass is 383 g/mol. The molecular formula is C25H25N3O. The minimum absolute atomic E-state index is 0.109. The Bertz CT molecular complexity index is 1330. The first-order chi connectivity index (χ1) is 14.0. The number of rotatable bonds is 0. The molecule has 3 aliphatic rings. The Morgan fingerprint density at radius 3 is 2.69 bits per heavy atom. The highest BCUT2D eigenvalue weighted by Gasteiger charge is 2.32. The van der Waals surface area contributed by atoms with Crippen LogP contribution in [-0.4, -0.2) is 9.55 Å². The van der Waals surface area contributed by atoms with Gasteiger partial charge in [-0.25, -0.2) is 4.98 Å². The predicted octanol–water partition coefficient (Wildman–Crippen LogP) is 4.03. The van der Waals surface area contributed by atoms with E-state index in [4.69, 9.17) is 10.7 Å². The number of nitrogens with zero attached hydrogens (tertiary/aromatic N) is 2. The normalized spacial score (nSPS) is 19.3. The second kappa shape index (κ2) is 5.67. The van der Waals surface area contributed by atoms with Crippen LogP contribution in [0.4, 0.5) is 0 Å². The summed E-state index contributed by atoms with van der Waals surface area (Å²) in [6.07, 6.45) is 4.88. The van der Waals surface area contributed by atoms with E-state index < -0.39 is 0 Å². The molecule has 0 radical (unpaired) electrons. The zero-order chi connectivity index (χ0) is 20.0. The summed E-state index contributed by atoms with van der Waals surface area (Å²) in [5.74, 6) is 0. The average Bonchev–Trinajstić information content (AvgIpc) is 3.08. The van der Waals surface area contributed by atoms with Crippen LogP contribution in [0.1, 0.15) is 57.8 Å². The highest BCUT2D eigenvalue weighted by Crippen LogP contribution is 2.42. The van der Waals surface area contributed by atoms with Crippen molar-refractivity contribution in [1.82, 2.24) is 9.55 Å². The summed E-state index contributed by atoms with van der Waals surface area (Å²) in [6, 6.07) is 4.08. The molecule has 1 aliphatic heterocycles. The summed E-state index contributed by atoms with van der Waals surface area (Å²) >= 11 is 0. The van der Waals surface area contributed by atoms with E-state index >= 15 is 0 Å². The van der Waals surface area contributed by atoms with Gasteiger partial charge in [0.15, 0.2) is 0 Å². The molecule has 0 fully saturated rings. The number of fused-ring (bicyclic) bond motifs is 5. The molecular weight excluding hydrogens is 358 g/mol. The number of pyridine rings is 2. The molecule has 3 heterocycles. The van der Waals surface area contributed by atoms with Crippen molar-refractivity contribution < 1.29 is 0 Å². The standard InChI is InChI=1S/C25H25N3O/c1-12-7-8-17-18(23(12)26)10-21-24-19(11-28(21)25(17)29)16-6-4-5-15-14(3)13(2)9-20(27-24)22(15)16/h9-10,23H,1,4-8,11,26H2,2-3H3. The van der Waals surface area contributed by atoms with E-state index in [-0.39, 0.29) is 11.6 Å². The average molecular weight is 383 g/mol. The number of nitrogens with two attached hydrogens (primary N) is 1. The SMILES string of the molecule is C=C1CCc2c(cc3n(c2=O)Cc2c-3nc3cc(C)c(C)c4c3c2CCC4)C1N. The molecule has 146 valence electrons. The third-order valence-electron chi connectivity index (χ3n) is 7.46. The van der Waals surface area contributed by atoms with Gasteiger partial charge in [-0.05, 0) is 85.9 Å². The van der Waals surface area contributed by atoms with Crippen LogP contribution in [0.15, 0.2) is 29.1 Å². The molecule has 29 heavy (non-hydrogen) atoms. The van der Waals surface area contributed by atoms with Gasteiger partial charge in [0, 0.05) is 16.5 Å². The van der Waals surface area contributed by atoms with Gasteiger partial charge >= 0.3 is 0 Å². The second-order valence-corrected chi connectivity index (χ2v) is 8.95. The summed E-state index contributed by atoms with van der Waals surface area (Å²) in [6.45, 7) is 9.16. The van der Waals surface area contributed by atoms with Crippen molar-refractivity contribution in [3.63, 3.8) is 0 Å². The minimum Gasteiger partial charge on any atom is -0.321 e. The maximum Gasteiger partial charge on any atom is 0.254 e. The van der Waals surface area contributed by atoms with Crippen LogP contribution in [0.2, 0.25) is 0 Å². The lowest BCUT2D eigenvalue weighted by Gasteiger charge is -2.25. The number of benzene rings is 1. The molecule has 4 nitrogen and oxygen atoms in total. The summed E-state index contributed by atoms with van der Waals surface area (Å²) in [5, 5.41) is 1.34. The van der Waals surface area contributed by atoms with Crippen molar-refractivity contribution in [3.8, 4) is 11.4 Å². The van der Waals surface area contributed by atoms with Gasteiger partial charge in [-0.3, -0.25) is 4.79 Å². The zero-order valence-electron chi connectivity index (χ0n) is 17.1. The molecule has 1 aromatic carbocycles. The number of aryl methyl sites for hydroxylation is 3. The first kappa shape index (κ1) is 17.2. The summed E-state index contributed by atoms with van der Waals surface area (Å²) < 4.78 is 1.93. The summed E-state index contributed by atoms with van der Waals surface area (Å²) in [7, 11) is 0. The Kier molecular flexibility index (Phi) is 3.35. The molecule has 1 unspecified atom stereocenters. The van der Waals surface area contributed by atoms with Gasteiger partial charge in [0.1, 0.15) is 0 Å². The van der Waals surface area contributed by atoms with Crippen LogP contribution in [0.3, 0.4) is 0 Å². The molecule has 6 rings (SSSR count). The lowest BCUT2D eigenvalue weighted by molar-refractivity contribution is 0.682. The second-order valence-electron chi connectivity index (χ2n) is 8.95. The first-order valence-corrected chi connectivity index (χ1v) is 10.6. The van der Waals surface area contributed by atoms with E-state index in [1.807, 2.05) is 4.57 Å². The fourth-order valence-electron chi connectivity index (χ4n) is 5.69. The molecule has 0 saturated carbocycles. The van der Waals surface area contributed by atoms with Crippen LogP contribution in [0.25, 0.3) is 22.3 Å². The quantitative estimate of drug-likeness (QED) is 0.466. The van der Waals surface area contributed by atoms with E-state index in [2.05, 4.69) is 32.6 Å². The van der Waals surface area contributed by atoms with Gasteiger partial charge in [-0.15, -0.1) is 0 Å². The van der Waals surface area contributed by atoms with Crippen LogP contribution in [0, 0.1) is 13.8 Å². The Labute approximate surface area is 170 Å². The Balaban J connectivity index is 1.68. The fraction of sp³-hybridized carbons (Fsp3) is 0.360. The van der Waals surface area contributed by atoms with Crippen LogP contribution in [-0.2, 0) is 25.8 Å². The smallest absolute Gasteiger partial charge is 0.254 e. The Morgan fingerprint density at radius 1 is 1.07 bits per heavy atom. The lowest BCUT2D eigenvalue weighted by Crippen LogP contribution is -2.30. The van der Waals surface area contributed by atoms with E-state index in [1.54, 1.807) is 0 Å². The van der Waals surface area contributed by atoms with E-state index in [1.165, 1.54) is 33.2 Å². The van der Waals surface area contributed by atoms with Gasteiger partial charge in [-0.2, -0.15) is 0 Å². The molecule has 4 heteroatoms. The van der Waals surface area contributed by atoms with E-state index in [9.17, 15) is 4.79 Å². The molecule has 2 aromatic heterocycles. The van der Waals surface area contributed by atoms with Crippen molar-refractivity contribution in [2.45, 2.75) is 58.5 Å². The maximum absolute atomic E-state index is 13.4. The lowest BCUT2D eigenvalue weighted by atomic mass is 9.83. The first-order valence-electron chi connectivity index (χ1n) is 10.6. The molecule has 0 amide bonds. The van der Waals surface area contributed by atoms with E-state index in [0.29, 0.717) is 6.54 Å². The van der Waals surface area contributed by atoms with Crippen molar-refractivity contribution in [3.05, 3.63) is 73.6 Å². The fourth-order valence-corrected chi connectivity index (χ4v) is 5.69. The summed E-state index contributed by atoms with van der Waals surface area (Å²) in [5.41, 5.74) is 19.1. The van der Waals surface area contributed by atoms with E-state index in [0.717, 1.165) is 65.7 Å². The van der Waals surface area contributed by atoms with Gasteiger partial charge in [-0.1, -0.05) is 12.2 Å². The van der Waals surface area contributed by atoms with Crippen molar-refractivity contribution >= 4 is 10.9 Å². The van der Waals surface area contributed by atoms with Gasteiger partial charge in [0.05, 0.1) is 29.5 Å². The maximum atomic E-state index is 13.4. The minimum atomic E-state index is -0.253. The topological polar surface area (TPSA) is 60.9 Å². The van der Waals surface area contributed by atoms with Gasteiger partial charge < -0.3 is 10.3 Å². The van der Waals surface area contributed by atoms with Crippen LogP contribution in [0.5, 0.6) is 0 Å². The van der Waals surface area contributed by atoms with Gasteiger partial charge in [0.25, 0.3) is 5.56 Å². The van der Waals surface area contributed by atoms with Gasteiger partial charge in [0.2, 0.25) is 0 Å². The Hall–Kier alpha value is -2.72. The molecule has 3 aromatic rings. The van der Waals surface area contributed by atoms with Crippen molar-refractivity contribution in [1.29, 1.82) is 0 Å². The largest absolute Gasteiger partial charge is 0.321 e.